The molecule has 3 aromatic rings. The largest absolute Gasteiger partial charge is 0.437 e. The van der Waals surface area contributed by atoms with E-state index in [0.717, 1.165) is 11.4 Å². The maximum Gasteiger partial charge on any atom is 0.250 e. The third-order valence-electron chi connectivity index (χ3n) is 2.80. The standard InChI is InChI=1S/C14H12N4O/c1-9-10(2)18-13-12(17-9)14(16-8-15-13)19-11-6-4-3-5-7-11/h3-8H,1-2H3. The third kappa shape index (κ3) is 2.22. The summed E-state index contributed by atoms with van der Waals surface area (Å²) in [4.78, 5) is 17.1. The number of rotatable bonds is 2. The molecule has 3 rings (SSSR count). The maximum absolute atomic E-state index is 5.73. The summed E-state index contributed by atoms with van der Waals surface area (Å²) in [5.74, 6) is 1.13. The molecule has 0 aliphatic carbocycles. The molecule has 19 heavy (non-hydrogen) atoms. The fraction of sp³-hybridized carbons (Fsp3) is 0.143. The van der Waals surface area contributed by atoms with E-state index in [-0.39, 0.29) is 0 Å². The van der Waals surface area contributed by atoms with Crippen LogP contribution in [0.2, 0.25) is 0 Å². The average Bonchev–Trinajstić information content (AvgIpc) is 2.42. The molecule has 0 N–H and O–H groups in total. The van der Waals surface area contributed by atoms with Gasteiger partial charge in [-0.15, -0.1) is 0 Å². The van der Waals surface area contributed by atoms with Gasteiger partial charge in [0.15, 0.2) is 11.2 Å². The molecule has 0 fully saturated rings. The fourth-order valence-corrected chi connectivity index (χ4v) is 1.70. The van der Waals surface area contributed by atoms with Gasteiger partial charge in [0.1, 0.15) is 12.1 Å². The van der Waals surface area contributed by atoms with Gasteiger partial charge in [0, 0.05) is 0 Å². The smallest absolute Gasteiger partial charge is 0.250 e. The number of ether oxygens (including phenoxy) is 1. The summed E-state index contributed by atoms with van der Waals surface area (Å²) in [7, 11) is 0. The van der Waals surface area contributed by atoms with Crippen LogP contribution in [0.25, 0.3) is 11.2 Å². The van der Waals surface area contributed by atoms with E-state index in [0.29, 0.717) is 22.8 Å². The Kier molecular flexibility index (Phi) is 2.79. The lowest BCUT2D eigenvalue weighted by Gasteiger charge is -2.07. The van der Waals surface area contributed by atoms with Crippen molar-refractivity contribution in [2.24, 2.45) is 0 Å². The van der Waals surface area contributed by atoms with E-state index in [2.05, 4.69) is 19.9 Å². The van der Waals surface area contributed by atoms with Crippen LogP contribution in [-0.4, -0.2) is 19.9 Å². The van der Waals surface area contributed by atoms with E-state index >= 15 is 0 Å². The molecule has 94 valence electrons. The van der Waals surface area contributed by atoms with Crippen molar-refractivity contribution < 1.29 is 4.74 Å². The van der Waals surface area contributed by atoms with Gasteiger partial charge in [0.05, 0.1) is 11.4 Å². The Bertz CT molecular complexity index is 728. The summed E-state index contributed by atoms with van der Waals surface area (Å²) < 4.78 is 5.73. The molecule has 0 aliphatic heterocycles. The van der Waals surface area contributed by atoms with Crippen molar-refractivity contribution in [1.29, 1.82) is 0 Å². The number of para-hydroxylation sites is 1. The van der Waals surface area contributed by atoms with Crippen molar-refractivity contribution in [1.82, 2.24) is 19.9 Å². The molecule has 0 spiro atoms. The van der Waals surface area contributed by atoms with Crippen LogP contribution in [0, 0.1) is 13.8 Å². The number of aromatic nitrogens is 4. The van der Waals surface area contributed by atoms with E-state index in [9.17, 15) is 0 Å². The molecule has 5 heteroatoms. The molecule has 0 saturated carbocycles. The Labute approximate surface area is 110 Å². The van der Waals surface area contributed by atoms with Gasteiger partial charge in [-0.3, -0.25) is 0 Å². The molecule has 5 nitrogen and oxygen atoms in total. The van der Waals surface area contributed by atoms with Crippen LogP contribution < -0.4 is 4.74 Å². The van der Waals surface area contributed by atoms with Crippen LogP contribution in [0.15, 0.2) is 36.7 Å². The van der Waals surface area contributed by atoms with Crippen molar-refractivity contribution in [3.63, 3.8) is 0 Å². The van der Waals surface area contributed by atoms with Crippen LogP contribution >= 0.6 is 0 Å². The molecule has 0 saturated heterocycles. The van der Waals surface area contributed by atoms with Gasteiger partial charge in [-0.2, -0.15) is 4.98 Å². The Morgan fingerprint density at radius 1 is 0.895 bits per heavy atom. The van der Waals surface area contributed by atoms with Gasteiger partial charge < -0.3 is 4.74 Å². The molecular weight excluding hydrogens is 240 g/mol. The zero-order valence-electron chi connectivity index (χ0n) is 10.7. The van der Waals surface area contributed by atoms with Crippen LogP contribution in [0.4, 0.5) is 0 Å². The number of benzene rings is 1. The Morgan fingerprint density at radius 3 is 2.42 bits per heavy atom. The first-order valence-electron chi connectivity index (χ1n) is 5.93. The fourth-order valence-electron chi connectivity index (χ4n) is 1.70. The summed E-state index contributed by atoms with van der Waals surface area (Å²) >= 11 is 0. The number of hydrogen-bond donors (Lipinski definition) is 0. The Balaban J connectivity index is 2.11. The summed E-state index contributed by atoms with van der Waals surface area (Å²) in [5, 5.41) is 0. The number of aryl methyl sites for hydroxylation is 2. The lowest BCUT2D eigenvalue weighted by Crippen LogP contribution is -1.99. The highest BCUT2D eigenvalue weighted by atomic mass is 16.5. The predicted octanol–water partition coefficient (Wildman–Crippen LogP) is 2.83. The molecule has 1 aromatic carbocycles. The molecule has 0 bridgehead atoms. The zero-order valence-corrected chi connectivity index (χ0v) is 10.7. The average molecular weight is 252 g/mol. The summed E-state index contributed by atoms with van der Waals surface area (Å²) in [6, 6.07) is 9.46. The van der Waals surface area contributed by atoms with E-state index < -0.39 is 0 Å². The molecule has 2 heterocycles. The topological polar surface area (TPSA) is 60.8 Å². The Hall–Kier alpha value is -2.56. The molecular formula is C14H12N4O. The highest BCUT2D eigenvalue weighted by Crippen LogP contribution is 2.24. The van der Waals surface area contributed by atoms with Gasteiger partial charge in [-0.25, -0.2) is 15.0 Å². The minimum absolute atomic E-state index is 0.423. The van der Waals surface area contributed by atoms with E-state index in [4.69, 9.17) is 4.74 Å². The first kappa shape index (κ1) is 11.5. The first-order valence-corrected chi connectivity index (χ1v) is 5.93. The minimum atomic E-state index is 0.423. The van der Waals surface area contributed by atoms with Crippen molar-refractivity contribution >= 4 is 11.2 Å². The van der Waals surface area contributed by atoms with Crippen LogP contribution in [0.5, 0.6) is 11.6 Å². The SMILES string of the molecule is Cc1nc2ncnc(Oc3ccccc3)c2nc1C. The lowest BCUT2D eigenvalue weighted by atomic mass is 10.3. The minimum Gasteiger partial charge on any atom is -0.437 e. The van der Waals surface area contributed by atoms with Gasteiger partial charge >= 0.3 is 0 Å². The van der Waals surface area contributed by atoms with Gasteiger partial charge in [0.2, 0.25) is 0 Å². The van der Waals surface area contributed by atoms with Gasteiger partial charge in [-0.1, -0.05) is 18.2 Å². The molecule has 0 amide bonds. The second-order valence-corrected chi connectivity index (χ2v) is 4.16. The molecule has 0 atom stereocenters. The van der Waals surface area contributed by atoms with Gasteiger partial charge in [0.25, 0.3) is 5.88 Å². The summed E-state index contributed by atoms with van der Waals surface area (Å²) in [5.41, 5.74) is 2.83. The monoisotopic (exact) mass is 252 g/mol. The third-order valence-corrected chi connectivity index (χ3v) is 2.80. The van der Waals surface area contributed by atoms with Crippen LogP contribution in [0.1, 0.15) is 11.4 Å². The van der Waals surface area contributed by atoms with E-state index in [1.807, 2.05) is 44.2 Å². The molecule has 0 radical (unpaired) electrons. The summed E-state index contributed by atoms with van der Waals surface area (Å²) in [6.07, 6.45) is 1.43. The summed E-state index contributed by atoms with van der Waals surface area (Å²) in [6.45, 7) is 3.81. The van der Waals surface area contributed by atoms with Crippen molar-refractivity contribution in [3.05, 3.63) is 48.0 Å². The second kappa shape index (κ2) is 4.61. The van der Waals surface area contributed by atoms with Crippen molar-refractivity contribution in [3.8, 4) is 11.6 Å². The predicted molar refractivity (Wildman–Crippen MR) is 71.1 cm³/mol. The molecule has 0 aliphatic rings. The number of nitrogens with zero attached hydrogens (tertiary/aromatic N) is 4. The zero-order chi connectivity index (χ0) is 13.2. The highest BCUT2D eigenvalue weighted by Gasteiger charge is 2.10. The van der Waals surface area contributed by atoms with Crippen molar-refractivity contribution in [2.75, 3.05) is 0 Å². The quantitative estimate of drug-likeness (QED) is 0.701. The number of hydrogen-bond acceptors (Lipinski definition) is 5. The first-order chi connectivity index (χ1) is 9.24. The molecule has 0 unspecified atom stereocenters. The Morgan fingerprint density at radius 2 is 1.63 bits per heavy atom. The van der Waals surface area contributed by atoms with Crippen LogP contribution in [0.3, 0.4) is 0 Å². The second-order valence-electron chi connectivity index (χ2n) is 4.16. The van der Waals surface area contributed by atoms with E-state index in [1.165, 1.54) is 6.33 Å². The maximum atomic E-state index is 5.73. The lowest BCUT2D eigenvalue weighted by molar-refractivity contribution is 0.466. The van der Waals surface area contributed by atoms with Crippen molar-refractivity contribution in [2.45, 2.75) is 13.8 Å². The number of fused-ring (bicyclic) bond motifs is 1. The van der Waals surface area contributed by atoms with Crippen LogP contribution in [-0.2, 0) is 0 Å². The van der Waals surface area contributed by atoms with E-state index in [1.54, 1.807) is 0 Å². The molecule has 2 aromatic heterocycles. The van der Waals surface area contributed by atoms with Gasteiger partial charge in [-0.05, 0) is 26.0 Å². The highest BCUT2D eigenvalue weighted by molar-refractivity contribution is 5.75. The normalized spacial score (nSPS) is 10.6.